The van der Waals surface area contributed by atoms with Crippen LogP contribution in [0.1, 0.15) is 28.4 Å². The average molecular weight is 310 g/mol. The van der Waals surface area contributed by atoms with Gasteiger partial charge in [0, 0.05) is 5.56 Å². The number of nitrogens with zero attached hydrogens (tertiary/aromatic N) is 1. The van der Waals surface area contributed by atoms with E-state index >= 15 is 0 Å². The number of halogens is 1. The van der Waals surface area contributed by atoms with E-state index in [1.165, 1.54) is 0 Å². The van der Waals surface area contributed by atoms with Crippen LogP contribution in [0.4, 0.5) is 0 Å². The number of ketones is 1. The Balaban J connectivity index is 3.20. The van der Waals surface area contributed by atoms with Crippen molar-refractivity contribution in [1.29, 1.82) is 5.26 Å². The second-order valence-electron chi connectivity index (χ2n) is 3.88. The van der Waals surface area contributed by atoms with Crippen molar-refractivity contribution in [2.24, 2.45) is 0 Å². The van der Waals surface area contributed by atoms with E-state index < -0.39 is 5.97 Å². The topological polar surface area (TPSA) is 78.2 Å². The molecule has 0 aliphatic heterocycles. The van der Waals surface area contributed by atoms with Crippen molar-refractivity contribution in [3.63, 3.8) is 0 Å². The molecule has 0 fully saturated rings. The Morgan fingerprint density at radius 2 is 2.17 bits per heavy atom. The van der Waals surface area contributed by atoms with Gasteiger partial charge in [-0.25, -0.2) is 0 Å². The molecule has 0 saturated heterocycles. The first-order valence-electron chi connectivity index (χ1n) is 5.34. The van der Waals surface area contributed by atoms with Crippen LogP contribution in [-0.4, -0.2) is 21.7 Å². The smallest absolute Gasteiger partial charge is 0.307 e. The molecular formula is C13H12BrNO3. The number of aliphatic carboxylic acids is 1. The summed E-state index contributed by atoms with van der Waals surface area (Å²) in [7, 11) is 0. The molecule has 0 spiro atoms. The number of carboxylic acid groups (broad SMARTS) is 1. The Morgan fingerprint density at radius 1 is 1.50 bits per heavy atom. The standard InChI is InChI=1S/C13H12BrNO3/c1-8(14)13(18)11-6-9(7-12(16)17)2-3-10(11)4-5-15/h2-3,6,8H,4,7H2,1H3,(H,16,17). The number of alkyl halides is 1. The highest BCUT2D eigenvalue weighted by molar-refractivity contribution is 9.10. The fourth-order valence-electron chi connectivity index (χ4n) is 1.59. The predicted molar refractivity (Wildman–Crippen MR) is 69.8 cm³/mol. The number of Topliss-reactive ketones (excluding diaryl/α,β-unsaturated/α-hetero) is 1. The molecule has 1 unspecified atom stereocenters. The number of hydrogen-bond donors (Lipinski definition) is 1. The number of rotatable bonds is 5. The van der Waals surface area contributed by atoms with Crippen molar-refractivity contribution in [2.45, 2.75) is 24.6 Å². The minimum absolute atomic E-state index is 0.133. The van der Waals surface area contributed by atoms with E-state index in [1.54, 1.807) is 25.1 Å². The second-order valence-corrected chi connectivity index (χ2v) is 5.25. The third-order valence-electron chi connectivity index (χ3n) is 2.43. The summed E-state index contributed by atoms with van der Waals surface area (Å²) >= 11 is 3.19. The van der Waals surface area contributed by atoms with Crippen molar-refractivity contribution in [3.05, 3.63) is 34.9 Å². The number of hydrogen-bond acceptors (Lipinski definition) is 3. The molecule has 5 heteroatoms. The fourth-order valence-corrected chi connectivity index (χ4v) is 1.84. The Bertz CT molecular complexity index is 517. The van der Waals surface area contributed by atoms with E-state index in [-0.39, 0.29) is 23.5 Å². The summed E-state index contributed by atoms with van der Waals surface area (Å²) in [6.45, 7) is 1.70. The van der Waals surface area contributed by atoms with Gasteiger partial charge in [0.15, 0.2) is 5.78 Å². The van der Waals surface area contributed by atoms with Gasteiger partial charge in [0.2, 0.25) is 0 Å². The zero-order valence-corrected chi connectivity index (χ0v) is 11.4. The van der Waals surface area contributed by atoms with Crippen LogP contribution in [0.3, 0.4) is 0 Å². The summed E-state index contributed by atoms with van der Waals surface area (Å²) < 4.78 is 0. The third kappa shape index (κ3) is 3.67. The Labute approximate surface area is 113 Å². The second kappa shape index (κ2) is 6.31. The van der Waals surface area contributed by atoms with E-state index in [4.69, 9.17) is 10.4 Å². The Hall–Kier alpha value is -1.67. The molecule has 94 valence electrons. The molecule has 4 nitrogen and oxygen atoms in total. The Morgan fingerprint density at radius 3 is 2.67 bits per heavy atom. The lowest BCUT2D eigenvalue weighted by Gasteiger charge is -2.09. The highest BCUT2D eigenvalue weighted by Crippen LogP contribution is 2.18. The van der Waals surface area contributed by atoms with Gasteiger partial charge < -0.3 is 5.11 Å². The number of carbonyl (C=O) groups excluding carboxylic acids is 1. The number of carboxylic acids is 1. The van der Waals surface area contributed by atoms with Gasteiger partial charge in [0.05, 0.1) is 23.7 Å². The van der Waals surface area contributed by atoms with Crippen LogP contribution >= 0.6 is 15.9 Å². The first kappa shape index (κ1) is 14.4. The summed E-state index contributed by atoms with van der Waals surface area (Å²) in [4.78, 5) is 22.3. The third-order valence-corrected chi connectivity index (χ3v) is 2.84. The van der Waals surface area contributed by atoms with E-state index in [0.29, 0.717) is 16.7 Å². The number of benzene rings is 1. The summed E-state index contributed by atoms with van der Waals surface area (Å²) in [6.07, 6.45) is -0.00206. The zero-order valence-electron chi connectivity index (χ0n) is 9.81. The quantitative estimate of drug-likeness (QED) is 0.669. The minimum atomic E-state index is -0.951. The van der Waals surface area contributed by atoms with Gasteiger partial charge in [0.25, 0.3) is 0 Å². The lowest BCUT2D eigenvalue weighted by atomic mass is 9.96. The maximum atomic E-state index is 12.0. The molecule has 0 saturated carbocycles. The van der Waals surface area contributed by atoms with Gasteiger partial charge in [-0.1, -0.05) is 28.1 Å². The van der Waals surface area contributed by atoms with Crippen LogP contribution in [0.15, 0.2) is 18.2 Å². The van der Waals surface area contributed by atoms with E-state index in [1.807, 2.05) is 6.07 Å². The molecule has 0 amide bonds. The van der Waals surface area contributed by atoms with Crippen molar-refractivity contribution < 1.29 is 14.7 Å². The van der Waals surface area contributed by atoms with Gasteiger partial charge in [-0.2, -0.15) is 5.26 Å². The van der Waals surface area contributed by atoms with E-state index in [0.717, 1.165) is 0 Å². The summed E-state index contributed by atoms with van der Waals surface area (Å²) in [5, 5.41) is 17.4. The number of carbonyl (C=O) groups is 2. The van der Waals surface area contributed by atoms with Gasteiger partial charge in [0.1, 0.15) is 0 Å². The van der Waals surface area contributed by atoms with Crippen molar-refractivity contribution in [2.75, 3.05) is 0 Å². The first-order valence-corrected chi connectivity index (χ1v) is 6.26. The maximum absolute atomic E-state index is 12.0. The van der Waals surface area contributed by atoms with Gasteiger partial charge >= 0.3 is 5.97 Å². The normalized spacial score (nSPS) is 11.6. The lowest BCUT2D eigenvalue weighted by Crippen LogP contribution is -2.13. The van der Waals surface area contributed by atoms with E-state index in [9.17, 15) is 9.59 Å². The Kier molecular flexibility index (Phi) is 5.05. The molecule has 0 bridgehead atoms. The predicted octanol–water partition coefficient (Wildman–Crippen LogP) is 2.35. The van der Waals surface area contributed by atoms with Gasteiger partial charge in [-0.3, -0.25) is 9.59 Å². The molecule has 18 heavy (non-hydrogen) atoms. The summed E-state index contributed by atoms with van der Waals surface area (Å²) in [6, 6.07) is 6.83. The maximum Gasteiger partial charge on any atom is 0.307 e. The zero-order chi connectivity index (χ0) is 13.7. The molecule has 1 rings (SSSR count). The molecule has 1 aromatic rings. The van der Waals surface area contributed by atoms with Crippen LogP contribution < -0.4 is 0 Å². The van der Waals surface area contributed by atoms with E-state index in [2.05, 4.69) is 15.9 Å². The molecule has 1 atom stereocenters. The van der Waals surface area contributed by atoms with Crippen LogP contribution in [0.25, 0.3) is 0 Å². The average Bonchev–Trinajstić information content (AvgIpc) is 2.29. The van der Waals surface area contributed by atoms with Crippen LogP contribution in [-0.2, 0) is 17.6 Å². The van der Waals surface area contributed by atoms with Crippen molar-refractivity contribution in [1.82, 2.24) is 0 Å². The molecule has 1 N–H and O–H groups in total. The monoisotopic (exact) mass is 309 g/mol. The number of nitriles is 1. The van der Waals surface area contributed by atoms with Crippen LogP contribution in [0, 0.1) is 11.3 Å². The molecule has 0 radical (unpaired) electrons. The molecule has 1 aromatic carbocycles. The molecular weight excluding hydrogens is 298 g/mol. The highest BCUT2D eigenvalue weighted by Gasteiger charge is 2.17. The molecule has 0 heterocycles. The first-order chi connectivity index (χ1) is 8.45. The molecule has 0 aliphatic rings. The summed E-state index contributed by atoms with van der Waals surface area (Å²) in [5.41, 5.74) is 1.60. The van der Waals surface area contributed by atoms with Crippen molar-refractivity contribution in [3.8, 4) is 6.07 Å². The minimum Gasteiger partial charge on any atom is -0.481 e. The summed E-state index contributed by atoms with van der Waals surface area (Å²) in [5.74, 6) is -1.10. The van der Waals surface area contributed by atoms with Gasteiger partial charge in [-0.05, 0) is 24.1 Å². The highest BCUT2D eigenvalue weighted by atomic mass is 79.9. The largest absolute Gasteiger partial charge is 0.481 e. The molecule has 0 aromatic heterocycles. The van der Waals surface area contributed by atoms with Crippen LogP contribution in [0.5, 0.6) is 0 Å². The van der Waals surface area contributed by atoms with Crippen LogP contribution in [0.2, 0.25) is 0 Å². The molecule has 0 aliphatic carbocycles. The fraction of sp³-hybridized carbons (Fsp3) is 0.308. The van der Waals surface area contributed by atoms with Crippen molar-refractivity contribution >= 4 is 27.7 Å². The lowest BCUT2D eigenvalue weighted by molar-refractivity contribution is -0.136. The van der Waals surface area contributed by atoms with Gasteiger partial charge in [-0.15, -0.1) is 0 Å². The SMILES string of the molecule is CC(Br)C(=O)c1cc(CC(=O)O)ccc1CC#N.